The molecule has 0 saturated carbocycles. The molecule has 1 saturated heterocycles. The fourth-order valence-corrected chi connectivity index (χ4v) is 3.31. The quantitative estimate of drug-likeness (QED) is 0.806. The smallest absolute Gasteiger partial charge is 0.356 e. The lowest BCUT2D eigenvalue weighted by Crippen LogP contribution is -2.47. The van der Waals surface area contributed by atoms with Gasteiger partial charge in [-0.25, -0.2) is 4.98 Å². The lowest BCUT2D eigenvalue weighted by atomic mass is 9.96. The predicted octanol–water partition coefficient (Wildman–Crippen LogP) is 2.18. The summed E-state index contributed by atoms with van der Waals surface area (Å²) in [5.41, 5.74) is 1.01. The Balaban J connectivity index is 1.40. The van der Waals surface area contributed by atoms with E-state index in [9.17, 15) is 22.8 Å². The Morgan fingerprint density at radius 3 is 2.67 bits per heavy atom. The maximum absolute atomic E-state index is 12.4. The van der Waals surface area contributed by atoms with E-state index in [0.29, 0.717) is 19.4 Å². The van der Waals surface area contributed by atoms with Crippen molar-refractivity contribution in [2.24, 2.45) is 5.92 Å². The number of nitrogens with one attached hydrogen (secondary N) is 1. The van der Waals surface area contributed by atoms with Gasteiger partial charge in [-0.3, -0.25) is 9.59 Å². The Hall–Kier alpha value is -2.58. The molecule has 27 heavy (non-hydrogen) atoms. The van der Waals surface area contributed by atoms with E-state index >= 15 is 0 Å². The molecule has 2 amide bonds. The molecule has 3 rings (SSSR count). The van der Waals surface area contributed by atoms with Gasteiger partial charge in [0.1, 0.15) is 5.82 Å². The van der Waals surface area contributed by atoms with Crippen LogP contribution in [0.5, 0.6) is 0 Å². The van der Waals surface area contributed by atoms with Crippen molar-refractivity contribution in [2.45, 2.75) is 31.9 Å². The molecule has 0 atom stereocenters. The fourth-order valence-electron chi connectivity index (χ4n) is 3.31. The summed E-state index contributed by atoms with van der Waals surface area (Å²) in [6, 6.07) is 5.83. The molecule has 2 aromatic heterocycles. The van der Waals surface area contributed by atoms with Crippen molar-refractivity contribution in [2.75, 3.05) is 19.6 Å². The van der Waals surface area contributed by atoms with Crippen LogP contribution in [0.4, 0.5) is 13.2 Å². The monoisotopic (exact) mass is 382 g/mol. The summed E-state index contributed by atoms with van der Waals surface area (Å²) < 4.78 is 39.3. The van der Waals surface area contributed by atoms with Crippen LogP contribution in [-0.2, 0) is 16.0 Å². The summed E-state index contributed by atoms with van der Waals surface area (Å²) in [6.45, 7) is 0.384. The van der Waals surface area contributed by atoms with Crippen molar-refractivity contribution in [1.82, 2.24) is 19.6 Å². The maximum Gasteiger partial charge on any atom is 0.471 e. The third-order valence-corrected chi connectivity index (χ3v) is 4.79. The number of halogens is 3. The number of piperidine rings is 1. The number of pyridine rings is 1. The molecule has 1 N–H and O–H groups in total. The molecule has 1 aliphatic rings. The first-order chi connectivity index (χ1) is 12.9. The van der Waals surface area contributed by atoms with E-state index in [0.717, 1.165) is 16.2 Å². The van der Waals surface area contributed by atoms with E-state index in [4.69, 9.17) is 0 Å². The first-order valence-corrected chi connectivity index (χ1v) is 8.91. The summed E-state index contributed by atoms with van der Waals surface area (Å²) in [7, 11) is 0. The van der Waals surface area contributed by atoms with Gasteiger partial charge in [-0.2, -0.15) is 13.2 Å². The molecule has 2 aromatic rings. The summed E-state index contributed by atoms with van der Waals surface area (Å²) >= 11 is 0. The van der Waals surface area contributed by atoms with Gasteiger partial charge < -0.3 is 14.6 Å². The van der Waals surface area contributed by atoms with Gasteiger partial charge in [0, 0.05) is 38.2 Å². The highest BCUT2D eigenvalue weighted by atomic mass is 19.4. The van der Waals surface area contributed by atoms with Gasteiger partial charge in [0.05, 0.1) is 11.7 Å². The first-order valence-electron chi connectivity index (χ1n) is 8.91. The van der Waals surface area contributed by atoms with Crippen LogP contribution in [0.25, 0.3) is 5.52 Å². The topological polar surface area (TPSA) is 66.7 Å². The highest BCUT2D eigenvalue weighted by Gasteiger charge is 2.43. The molecule has 9 heteroatoms. The first kappa shape index (κ1) is 19.2. The molecule has 1 aliphatic heterocycles. The molecule has 3 heterocycles. The van der Waals surface area contributed by atoms with Crippen molar-refractivity contribution in [3.05, 3.63) is 36.4 Å². The Bertz CT molecular complexity index is 810. The van der Waals surface area contributed by atoms with Gasteiger partial charge in [-0.1, -0.05) is 6.07 Å². The Morgan fingerprint density at radius 1 is 1.22 bits per heavy atom. The number of likely N-dealkylation sites (tertiary alicyclic amines) is 1. The number of rotatable bonds is 5. The molecule has 0 aromatic carbocycles. The Morgan fingerprint density at radius 2 is 1.96 bits per heavy atom. The Kier molecular flexibility index (Phi) is 5.67. The van der Waals surface area contributed by atoms with Gasteiger partial charge in [0.2, 0.25) is 5.91 Å². The van der Waals surface area contributed by atoms with Crippen LogP contribution in [0, 0.1) is 5.92 Å². The van der Waals surface area contributed by atoms with Gasteiger partial charge in [0.15, 0.2) is 0 Å². The zero-order valence-electron chi connectivity index (χ0n) is 14.7. The number of fused-ring (bicyclic) bond motifs is 1. The minimum absolute atomic E-state index is 0.0451. The van der Waals surface area contributed by atoms with E-state index in [2.05, 4.69) is 10.3 Å². The minimum atomic E-state index is -4.86. The van der Waals surface area contributed by atoms with Crippen LogP contribution in [0.2, 0.25) is 0 Å². The van der Waals surface area contributed by atoms with E-state index in [1.807, 2.05) is 28.8 Å². The van der Waals surface area contributed by atoms with Crippen molar-refractivity contribution in [3.63, 3.8) is 0 Å². The van der Waals surface area contributed by atoms with Crippen molar-refractivity contribution in [3.8, 4) is 0 Å². The van der Waals surface area contributed by atoms with Crippen LogP contribution in [0.3, 0.4) is 0 Å². The SMILES string of the molecule is O=C(NCCCc1ncc2ccccn12)C1CCN(C(=O)C(F)(F)F)CC1. The summed E-state index contributed by atoms with van der Waals surface area (Å²) in [6.07, 6.45) is 0.793. The standard InChI is InChI=1S/C18H21F3N4O2/c19-18(20,21)17(27)24-10-6-13(7-11-24)16(26)22-8-3-5-15-23-12-14-4-1-2-9-25(14)15/h1-2,4,9,12-13H,3,5-8,10-11H2,(H,22,26). The minimum Gasteiger partial charge on any atom is -0.356 e. The number of alkyl halides is 3. The van der Waals surface area contributed by atoms with E-state index in [-0.39, 0.29) is 37.8 Å². The Labute approximate surface area is 154 Å². The molecule has 0 aliphatic carbocycles. The second kappa shape index (κ2) is 7.98. The van der Waals surface area contributed by atoms with Crippen LogP contribution in [0.15, 0.2) is 30.6 Å². The van der Waals surface area contributed by atoms with Crippen LogP contribution >= 0.6 is 0 Å². The van der Waals surface area contributed by atoms with Crippen molar-refractivity contribution < 1.29 is 22.8 Å². The third kappa shape index (κ3) is 4.58. The summed E-state index contributed by atoms with van der Waals surface area (Å²) in [4.78, 5) is 28.5. The summed E-state index contributed by atoms with van der Waals surface area (Å²) in [5.74, 6) is -1.43. The average Bonchev–Trinajstić information content (AvgIpc) is 3.07. The van der Waals surface area contributed by atoms with Gasteiger partial charge in [-0.15, -0.1) is 0 Å². The second-order valence-electron chi connectivity index (χ2n) is 6.63. The van der Waals surface area contributed by atoms with Gasteiger partial charge in [-0.05, 0) is 31.4 Å². The van der Waals surface area contributed by atoms with Gasteiger partial charge in [0.25, 0.3) is 0 Å². The van der Waals surface area contributed by atoms with Crippen molar-refractivity contribution >= 4 is 17.3 Å². The van der Waals surface area contributed by atoms with E-state index in [1.165, 1.54) is 0 Å². The molecule has 0 spiro atoms. The van der Waals surface area contributed by atoms with Crippen LogP contribution in [-0.4, -0.2) is 51.9 Å². The van der Waals surface area contributed by atoms with Crippen molar-refractivity contribution in [1.29, 1.82) is 0 Å². The van der Waals surface area contributed by atoms with E-state index in [1.54, 1.807) is 6.20 Å². The normalized spacial score (nSPS) is 15.9. The number of nitrogens with zero attached hydrogens (tertiary/aromatic N) is 3. The number of carbonyl (C=O) groups is 2. The number of hydrogen-bond acceptors (Lipinski definition) is 3. The molecule has 0 radical (unpaired) electrons. The molecule has 146 valence electrons. The fraction of sp³-hybridized carbons (Fsp3) is 0.500. The number of hydrogen-bond donors (Lipinski definition) is 1. The molecular formula is C18H21F3N4O2. The lowest BCUT2D eigenvalue weighted by molar-refractivity contribution is -0.186. The molecular weight excluding hydrogens is 361 g/mol. The molecule has 1 fully saturated rings. The van der Waals surface area contributed by atoms with Crippen LogP contribution in [0.1, 0.15) is 25.1 Å². The van der Waals surface area contributed by atoms with Crippen LogP contribution < -0.4 is 5.32 Å². The number of aryl methyl sites for hydroxylation is 1. The lowest BCUT2D eigenvalue weighted by Gasteiger charge is -2.31. The number of carbonyl (C=O) groups excluding carboxylic acids is 2. The number of amides is 2. The van der Waals surface area contributed by atoms with Gasteiger partial charge >= 0.3 is 12.1 Å². The predicted molar refractivity (Wildman–Crippen MR) is 91.9 cm³/mol. The molecule has 6 nitrogen and oxygen atoms in total. The maximum atomic E-state index is 12.4. The summed E-state index contributed by atoms with van der Waals surface area (Å²) in [5, 5.41) is 2.84. The number of imidazole rings is 1. The zero-order valence-corrected chi connectivity index (χ0v) is 14.7. The second-order valence-corrected chi connectivity index (χ2v) is 6.63. The van der Waals surface area contributed by atoms with E-state index < -0.39 is 12.1 Å². The molecule has 0 unspecified atom stereocenters. The number of aromatic nitrogens is 2. The highest BCUT2D eigenvalue weighted by molar-refractivity contribution is 5.83. The zero-order chi connectivity index (χ0) is 19.4. The average molecular weight is 382 g/mol. The largest absolute Gasteiger partial charge is 0.471 e. The molecule has 0 bridgehead atoms. The third-order valence-electron chi connectivity index (χ3n) is 4.79. The highest BCUT2D eigenvalue weighted by Crippen LogP contribution is 2.24.